The Kier molecular flexibility index (Phi) is 4.14. The van der Waals surface area contributed by atoms with E-state index in [1.165, 1.54) is 27.9 Å². The average molecular weight is 334 g/mol. The van der Waals surface area contributed by atoms with E-state index in [-0.39, 0.29) is 22.8 Å². The highest BCUT2D eigenvalue weighted by atomic mass is 16.2. The summed E-state index contributed by atoms with van der Waals surface area (Å²) in [5, 5.41) is 13.0. The molecule has 2 heterocycles. The molecule has 124 valence electrons. The van der Waals surface area contributed by atoms with Crippen LogP contribution in [0, 0.1) is 11.3 Å². The Hall–Kier alpha value is -3.73. The number of amides is 2. The molecule has 2 N–H and O–H groups in total. The molecule has 2 amide bonds. The van der Waals surface area contributed by atoms with Crippen LogP contribution in [0.3, 0.4) is 0 Å². The monoisotopic (exact) mass is 334 g/mol. The second-order valence-electron chi connectivity index (χ2n) is 5.46. The summed E-state index contributed by atoms with van der Waals surface area (Å²) in [6, 6.07) is 10.6. The van der Waals surface area contributed by atoms with E-state index in [1.807, 2.05) is 6.07 Å². The first-order valence-corrected chi connectivity index (χ1v) is 7.38. The van der Waals surface area contributed by atoms with E-state index < -0.39 is 5.91 Å². The van der Waals surface area contributed by atoms with Gasteiger partial charge >= 0.3 is 0 Å². The number of nitrogens with zero attached hydrogens (tertiary/aromatic N) is 5. The molecule has 1 aromatic carbocycles. The van der Waals surface area contributed by atoms with Gasteiger partial charge in [0.2, 0.25) is 0 Å². The number of hydrogen-bond acceptors (Lipinski definition) is 5. The first-order chi connectivity index (χ1) is 12.0. The third-order valence-corrected chi connectivity index (χ3v) is 3.71. The molecular weight excluding hydrogens is 320 g/mol. The van der Waals surface area contributed by atoms with Gasteiger partial charge in [-0.25, -0.2) is 9.50 Å². The van der Waals surface area contributed by atoms with Crippen LogP contribution in [-0.2, 0) is 6.54 Å². The van der Waals surface area contributed by atoms with E-state index in [9.17, 15) is 9.59 Å². The molecule has 0 atom stereocenters. The van der Waals surface area contributed by atoms with Gasteiger partial charge in [-0.2, -0.15) is 10.4 Å². The molecule has 2 aromatic heterocycles. The number of carbonyl (C=O) groups is 2. The van der Waals surface area contributed by atoms with Crippen LogP contribution in [0.25, 0.3) is 5.65 Å². The van der Waals surface area contributed by atoms with Crippen molar-refractivity contribution in [3.63, 3.8) is 0 Å². The van der Waals surface area contributed by atoms with Crippen molar-refractivity contribution in [2.24, 2.45) is 5.73 Å². The molecule has 0 saturated heterocycles. The third kappa shape index (κ3) is 3.03. The van der Waals surface area contributed by atoms with Gasteiger partial charge in [0.25, 0.3) is 11.8 Å². The minimum atomic E-state index is -0.659. The summed E-state index contributed by atoms with van der Waals surface area (Å²) < 4.78 is 1.30. The summed E-state index contributed by atoms with van der Waals surface area (Å²) in [6.07, 6.45) is 2.72. The largest absolute Gasteiger partial charge is 0.365 e. The van der Waals surface area contributed by atoms with Crippen LogP contribution in [0.1, 0.15) is 32.0 Å². The molecule has 0 aliphatic carbocycles. The molecule has 0 bridgehead atoms. The van der Waals surface area contributed by atoms with E-state index in [1.54, 1.807) is 25.2 Å². The topological polar surface area (TPSA) is 117 Å². The van der Waals surface area contributed by atoms with Crippen LogP contribution in [0.5, 0.6) is 0 Å². The van der Waals surface area contributed by atoms with Crippen molar-refractivity contribution in [1.82, 2.24) is 19.5 Å². The molecule has 0 fully saturated rings. The maximum Gasteiger partial charge on any atom is 0.272 e. The van der Waals surface area contributed by atoms with E-state index in [4.69, 9.17) is 11.0 Å². The van der Waals surface area contributed by atoms with Crippen molar-refractivity contribution in [3.05, 3.63) is 65.1 Å². The van der Waals surface area contributed by atoms with Crippen LogP contribution >= 0.6 is 0 Å². The molecule has 0 aliphatic heterocycles. The van der Waals surface area contributed by atoms with Gasteiger partial charge < -0.3 is 10.6 Å². The normalized spacial score (nSPS) is 10.4. The summed E-state index contributed by atoms with van der Waals surface area (Å²) in [7, 11) is 1.64. The van der Waals surface area contributed by atoms with Crippen molar-refractivity contribution in [1.29, 1.82) is 5.26 Å². The highest BCUT2D eigenvalue weighted by molar-refractivity contribution is 5.99. The molecule has 0 aliphatic rings. The van der Waals surface area contributed by atoms with Gasteiger partial charge in [-0.1, -0.05) is 12.1 Å². The number of benzene rings is 1. The molecule has 8 nitrogen and oxygen atoms in total. The highest BCUT2D eigenvalue weighted by Crippen LogP contribution is 2.13. The van der Waals surface area contributed by atoms with Crippen molar-refractivity contribution >= 4 is 17.5 Å². The van der Waals surface area contributed by atoms with E-state index in [0.717, 1.165) is 5.56 Å². The molecule has 8 heteroatoms. The Morgan fingerprint density at radius 1 is 1.36 bits per heavy atom. The van der Waals surface area contributed by atoms with Crippen molar-refractivity contribution in [2.45, 2.75) is 6.54 Å². The number of carbonyl (C=O) groups excluding carboxylic acids is 2. The van der Waals surface area contributed by atoms with Crippen LogP contribution in [0.2, 0.25) is 0 Å². The van der Waals surface area contributed by atoms with Crippen LogP contribution < -0.4 is 5.73 Å². The quantitative estimate of drug-likeness (QED) is 0.763. The molecular formula is C17H14N6O2. The summed E-state index contributed by atoms with van der Waals surface area (Å²) >= 11 is 0. The van der Waals surface area contributed by atoms with Crippen molar-refractivity contribution < 1.29 is 9.59 Å². The lowest BCUT2D eigenvalue weighted by atomic mass is 10.1. The Morgan fingerprint density at radius 2 is 2.16 bits per heavy atom. The van der Waals surface area contributed by atoms with Crippen molar-refractivity contribution in [2.75, 3.05) is 7.05 Å². The zero-order valence-electron chi connectivity index (χ0n) is 13.4. The summed E-state index contributed by atoms with van der Waals surface area (Å²) in [4.78, 5) is 29.7. The SMILES string of the molecule is CN(Cc1cccc(C#N)c1)C(=O)c1ccnc2c(C(N)=O)cnn12. The van der Waals surface area contributed by atoms with Gasteiger partial charge in [0.15, 0.2) is 5.65 Å². The predicted molar refractivity (Wildman–Crippen MR) is 88.5 cm³/mol. The number of primary amides is 1. The maximum atomic E-state index is 12.8. The second kappa shape index (κ2) is 6.41. The lowest BCUT2D eigenvalue weighted by Gasteiger charge is -2.17. The smallest absolute Gasteiger partial charge is 0.272 e. The van der Waals surface area contributed by atoms with Gasteiger partial charge in [-0.15, -0.1) is 0 Å². The first-order valence-electron chi connectivity index (χ1n) is 7.38. The van der Waals surface area contributed by atoms with Gasteiger partial charge in [0, 0.05) is 19.8 Å². The fourth-order valence-electron chi connectivity index (χ4n) is 2.51. The lowest BCUT2D eigenvalue weighted by Crippen LogP contribution is -2.28. The fraction of sp³-hybridized carbons (Fsp3) is 0.118. The van der Waals surface area contributed by atoms with E-state index >= 15 is 0 Å². The molecule has 3 rings (SSSR count). The summed E-state index contributed by atoms with van der Waals surface area (Å²) in [6.45, 7) is 0.322. The van der Waals surface area contributed by atoms with Crippen molar-refractivity contribution in [3.8, 4) is 6.07 Å². The van der Waals surface area contributed by atoms with E-state index in [0.29, 0.717) is 12.1 Å². The van der Waals surface area contributed by atoms with Gasteiger partial charge in [-0.05, 0) is 23.8 Å². The molecule has 25 heavy (non-hydrogen) atoms. The Balaban J connectivity index is 1.91. The Bertz CT molecular complexity index is 1020. The number of rotatable bonds is 4. The van der Waals surface area contributed by atoms with Crippen LogP contribution in [0.4, 0.5) is 0 Å². The molecule has 0 saturated carbocycles. The second-order valence-corrected chi connectivity index (χ2v) is 5.46. The van der Waals surface area contributed by atoms with E-state index in [2.05, 4.69) is 16.2 Å². The molecule has 0 radical (unpaired) electrons. The Labute approximate surface area is 143 Å². The number of fused-ring (bicyclic) bond motifs is 1. The average Bonchev–Trinajstić information content (AvgIpc) is 3.05. The fourth-order valence-corrected chi connectivity index (χ4v) is 2.51. The third-order valence-electron chi connectivity index (χ3n) is 3.71. The molecule has 0 unspecified atom stereocenters. The summed E-state index contributed by atoms with van der Waals surface area (Å²) in [5.74, 6) is -0.956. The minimum absolute atomic E-state index is 0.152. The zero-order chi connectivity index (χ0) is 18.0. The maximum absolute atomic E-state index is 12.8. The first kappa shape index (κ1) is 16.1. The molecule has 0 spiro atoms. The number of hydrogen-bond donors (Lipinski definition) is 1. The molecule has 3 aromatic rings. The number of nitrogens with two attached hydrogens (primary N) is 1. The van der Waals surface area contributed by atoms with Gasteiger partial charge in [0.05, 0.1) is 17.8 Å². The summed E-state index contributed by atoms with van der Waals surface area (Å²) in [5.41, 5.74) is 7.30. The standard InChI is InChI=1S/C17H14N6O2/c1-22(10-12-4-2-3-11(7-12)8-18)17(25)14-5-6-20-16-13(15(19)24)9-21-23(14)16/h2-7,9H,10H2,1H3,(H2,19,24). The van der Waals surface area contributed by atoms with Gasteiger partial charge in [0.1, 0.15) is 11.3 Å². The lowest BCUT2D eigenvalue weighted by molar-refractivity contribution is 0.0776. The Morgan fingerprint density at radius 3 is 2.88 bits per heavy atom. The van der Waals surface area contributed by atoms with Crippen LogP contribution in [0.15, 0.2) is 42.7 Å². The highest BCUT2D eigenvalue weighted by Gasteiger charge is 2.19. The van der Waals surface area contributed by atoms with Crippen LogP contribution in [-0.4, -0.2) is 38.4 Å². The predicted octanol–water partition coefficient (Wildman–Crippen LogP) is 0.972. The minimum Gasteiger partial charge on any atom is -0.365 e. The van der Waals surface area contributed by atoms with Gasteiger partial charge in [-0.3, -0.25) is 9.59 Å². The number of nitriles is 1. The number of aromatic nitrogens is 3. The zero-order valence-corrected chi connectivity index (χ0v) is 13.4.